The highest BCUT2D eigenvalue weighted by Gasteiger charge is 2.21. The second-order valence-corrected chi connectivity index (χ2v) is 6.56. The Kier molecular flexibility index (Phi) is 2.98. The summed E-state index contributed by atoms with van der Waals surface area (Å²) in [5.74, 6) is 1.91. The second kappa shape index (κ2) is 4.50. The summed E-state index contributed by atoms with van der Waals surface area (Å²) in [6.45, 7) is 8.94. The minimum absolute atomic E-state index is 0.767. The van der Waals surface area contributed by atoms with Crippen molar-refractivity contribution in [2.24, 2.45) is 5.92 Å². The number of anilines is 1. The molecule has 0 radical (unpaired) electrons. The number of fused-ring (bicyclic) bond motifs is 1. The van der Waals surface area contributed by atoms with Crippen molar-refractivity contribution in [1.82, 2.24) is 9.97 Å². The van der Waals surface area contributed by atoms with Crippen LogP contribution in [0.5, 0.6) is 0 Å². The van der Waals surface area contributed by atoms with Gasteiger partial charge in [0, 0.05) is 18.0 Å². The lowest BCUT2D eigenvalue weighted by Crippen LogP contribution is -2.35. The van der Waals surface area contributed by atoms with Gasteiger partial charge in [-0.15, -0.1) is 11.3 Å². The average Bonchev–Trinajstić information content (AvgIpc) is 2.65. The Hall–Kier alpha value is -1.16. The van der Waals surface area contributed by atoms with Crippen molar-refractivity contribution in [3.63, 3.8) is 0 Å². The van der Waals surface area contributed by atoms with Crippen LogP contribution in [0.25, 0.3) is 10.2 Å². The lowest BCUT2D eigenvalue weighted by Gasteiger charge is -2.32. The molecule has 3 rings (SSSR count). The summed E-state index contributed by atoms with van der Waals surface area (Å²) in [4.78, 5) is 13.9. The van der Waals surface area contributed by atoms with Gasteiger partial charge in [-0.2, -0.15) is 0 Å². The van der Waals surface area contributed by atoms with Gasteiger partial charge in [0.25, 0.3) is 0 Å². The maximum absolute atomic E-state index is 4.56. The fraction of sp³-hybridized carbons (Fsp3) is 0.571. The maximum Gasteiger partial charge on any atom is 0.141 e. The molecule has 3 nitrogen and oxygen atoms in total. The van der Waals surface area contributed by atoms with Crippen LogP contribution in [-0.2, 0) is 0 Å². The van der Waals surface area contributed by atoms with Crippen LogP contribution in [0.4, 0.5) is 5.82 Å². The van der Waals surface area contributed by atoms with Crippen LogP contribution in [-0.4, -0.2) is 23.1 Å². The summed E-state index contributed by atoms with van der Waals surface area (Å²) in [6.07, 6.45) is 4.33. The summed E-state index contributed by atoms with van der Waals surface area (Å²) in [6, 6.07) is 0. The molecule has 0 aromatic carbocycles. The highest BCUT2D eigenvalue weighted by Crippen LogP contribution is 2.35. The van der Waals surface area contributed by atoms with Crippen LogP contribution in [0.2, 0.25) is 0 Å². The van der Waals surface area contributed by atoms with E-state index in [1.807, 2.05) is 0 Å². The number of aromatic nitrogens is 2. The summed E-state index contributed by atoms with van der Waals surface area (Å²) >= 11 is 1.78. The number of piperidine rings is 1. The first-order valence-electron chi connectivity index (χ1n) is 6.62. The average molecular weight is 261 g/mol. The van der Waals surface area contributed by atoms with E-state index in [1.165, 1.54) is 28.7 Å². The third-order valence-electron chi connectivity index (χ3n) is 3.90. The molecule has 0 saturated carbocycles. The molecule has 0 unspecified atom stereocenters. The lowest BCUT2D eigenvalue weighted by atomic mass is 10.00. The van der Waals surface area contributed by atoms with Crippen molar-refractivity contribution in [3.8, 4) is 0 Å². The van der Waals surface area contributed by atoms with Crippen LogP contribution in [0.1, 0.15) is 30.2 Å². The molecule has 1 atom stereocenters. The predicted octanol–water partition coefficient (Wildman–Crippen LogP) is 3.54. The normalized spacial score (nSPS) is 20.6. The van der Waals surface area contributed by atoms with Crippen molar-refractivity contribution in [3.05, 3.63) is 16.8 Å². The van der Waals surface area contributed by atoms with E-state index in [1.54, 1.807) is 17.7 Å². The zero-order valence-electron chi connectivity index (χ0n) is 11.2. The van der Waals surface area contributed by atoms with Crippen LogP contribution in [0.3, 0.4) is 0 Å². The number of nitrogens with zero attached hydrogens (tertiary/aromatic N) is 3. The first-order valence-corrected chi connectivity index (χ1v) is 7.44. The smallest absolute Gasteiger partial charge is 0.141 e. The largest absolute Gasteiger partial charge is 0.356 e. The lowest BCUT2D eigenvalue weighted by molar-refractivity contribution is 0.445. The van der Waals surface area contributed by atoms with Gasteiger partial charge in [0.15, 0.2) is 0 Å². The van der Waals surface area contributed by atoms with E-state index in [0.717, 1.165) is 29.7 Å². The van der Waals surface area contributed by atoms with E-state index < -0.39 is 0 Å². The van der Waals surface area contributed by atoms with Gasteiger partial charge in [0.2, 0.25) is 0 Å². The van der Waals surface area contributed by atoms with Crippen molar-refractivity contribution in [2.45, 2.75) is 33.6 Å². The molecular weight excluding hydrogens is 242 g/mol. The van der Waals surface area contributed by atoms with E-state index in [4.69, 9.17) is 0 Å². The minimum Gasteiger partial charge on any atom is -0.356 e. The molecule has 2 aromatic rings. The van der Waals surface area contributed by atoms with E-state index >= 15 is 0 Å². The number of rotatable bonds is 1. The fourth-order valence-electron chi connectivity index (χ4n) is 2.79. The third kappa shape index (κ3) is 1.88. The van der Waals surface area contributed by atoms with Crippen LogP contribution in [0.15, 0.2) is 6.33 Å². The second-order valence-electron chi connectivity index (χ2n) is 5.35. The van der Waals surface area contributed by atoms with Crippen LogP contribution < -0.4 is 4.90 Å². The van der Waals surface area contributed by atoms with Crippen LogP contribution >= 0.6 is 11.3 Å². The Morgan fingerprint density at radius 2 is 2.17 bits per heavy atom. The molecule has 96 valence electrons. The zero-order valence-corrected chi connectivity index (χ0v) is 12.0. The monoisotopic (exact) mass is 261 g/mol. The summed E-state index contributed by atoms with van der Waals surface area (Å²) in [7, 11) is 0. The Bertz CT molecular complexity index is 576. The molecule has 1 aliphatic heterocycles. The molecule has 1 fully saturated rings. The molecule has 0 aliphatic carbocycles. The molecule has 0 N–H and O–H groups in total. The Morgan fingerprint density at radius 3 is 2.94 bits per heavy atom. The maximum atomic E-state index is 4.56. The van der Waals surface area contributed by atoms with Crippen molar-refractivity contribution < 1.29 is 0 Å². The highest BCUT2D eigenvalue weighted by molar-refractivity contribution is 7.18. The van der Waals surface area contributed by atoms with Crippen molar-refractivity contribution in [2.75, 3.05) is 18.0 Å². The molecule has 4 heteroatoms. The van der Waals surface area contributed by atoms with E-state index in [0.29, 0.717) is 0 Å². The van der Waals surface area contributed by atoms with E-state index in [9.17, 15) is 0 Å². The van der Waals surface area contributed by atoms with Gasteiger partial charge in [-0.3, -0.25) is 0 Å². The van der Waals surface area contributed by atoms with Gasteiger partial charge in [0.1, 0.15) is 17.0 Å². The van der Waals surface area contributed by atoms with Gasteiger partial charge in [-0.05, 0) is 38.2 Å². The molecule has 2 aromatic heterocycles. The van der Waals surface area contributed by atoms with Gasteiger partial charge in [-0.1, -0.05) is 6.92 Å². The van der Waals surface area contributed by atoms with Gasteiger partial charge < -0.3 is 4.90 Å². The van der Waals surface area contributed by atoms with E-state index in [-0.39, 0.29) is 0 Å². The summed E-state index contributed by atoms with van der Waals surface area (Å²) in [5.41, 5.74) is 1.35. The van der Waals surface area contributed by atoms with Gasteiger partial charge in [-0.25, -0.2) is 9.97 Å². The summed E-state index contributed by atoms with van der Waals surface area (Å²) in [5, 5.41) is 1.27. The number of hydrogen-bond donors (Lipinski definition) is 0. The summed E-state index contributed by atoms with van der Waals surface area (Å²) < 4.78 is 0. The molecule has 3 heterocycles. The SMILES string of the molecule is Cc1sc2ncnc(N3CCC[C@H](C)C3)c2c1C. The molecule has 1 aliphatic rings. The number of thiophene rings is 1. The topological polar surface area (TPSA) is 29.0 Å². The van der Waals surface area contributed by atoms with Crippen molar-refractivity contribution in [1.29, 1.82) is 0 Å². The fourth-order valence-corrected chi connectivity index (χ4v) is 3.78. The van der Waals surface area contributed by atoms with Gasteiger partial charge >= 0.3 is 0 Å². The first-order chi connectivity index (χ1) is 8.66. The van der Waals surface area contributed by atoms with Crippen molar-refractivity contribution >= 4 is 27.4 Å². The van der Waals surface area contributed by atoms with Gasteiger partial charge in [0.05, 0.1) is 5.39 Å². The molecule has 1 saturated heterocycles. The van der Waals surface area contributed by atoms with E-state index in [2.05, 4.69) is 35.6 Å². The molecule has 0 bridgehead atoms. The molecule has 0 amide bonds. The highest BCUT2D eigenvalue weighted by atomic mass is 32.1. The molecule has 18 heavy (non-hydrogen) atoms. The number of hydrogen-bond acceptors (Lipinski definition) is 4. The molecular formula is C14H19N3S. The number of aryl methyl sites for hydroxylation is 2. The zero-order chi connectivity index (χ0) is 12.7. The third-order valence-corrected chi connectivity index (χ3v) is 5.02. The standard InChI is InChI=1S/C14H19N3S/c1-9-5-4-6-17(7-9)13-12-10(2)11(3)18-14(12)16-8-15-13/h8-9H,4-7H2,1-3H3/t9-/m0/s1. The predicted molar refractivity (Wildman–Crippen MR) is 77.5 cm³/mol. The Morgan fingerprint density at radius 1 is 1.33 bits per heavy atom. The van der Waals surface area contributed by atoms with Crippen LogP contribution in [0, 0.1) is 19.8 Å². The molecule has 0 spiro atoms. The minimum atomic E-state index is 0.767. The Labute approximate surface area is 112 Å². The first kappa shape index (κ1) is 11.9. The Balaban J connectivity index is 2.10. The quantitative estimate of drug-likeness (QED) is 0.786.